The Kier molecular flexibility index (Phi) is 4.18. The average Bonchev–Trinajstić information content (AvgIpc) is 2.22. The second-order valence-electron chi connectivity index (χ2n) is 7.77. The maximum Gasteiger partial charge on any atom is 0.00722 e. The van der Waals surface area contributed by atoms with E-state index in [1.807, 2.05) is 0 Å². The molecule has 1 heteroatoms. The Hall–Kier alpha value is -0.0400. The van der Waals surface area contributed by atoms with Crippen LogP contribution in [0.4, 0.5) is 0 Å². The molecule has 17 heavy (non-hydrogen) atoms. The first kappa shape index (κ1) is 13.4. The van der Waals surface area contributed by atoms with Crippen molar-refractivity contribution in [3.05, 3.63) is 0 Å². The van der Waals surface area contributed by atoms with Crippen molar-refractivity contribution < 1.29 is 0 Å². The smallest absolute Gasteiger partial charge is 0.00722 e. The molecule has 2 aliphatic carbocycles. The fourth-order valence-electron chi connectivity index (χ4n) is 3.63. The van der Waals surface area contributed by atoms with Crippen LogP contribution in [0, 0.1) is 23.2 Å². The minimum absolute atomic E-state index is 0.530. The molecule has 0 spiro atoms. The molecular formula is C16H31N. The summed E-state index contributed by atoms with van der Waals surface area (Å²) in [4.78, 5) is 0. The van der Waals surface area contributed by atoms with Crippen LogP contribution in [-0.2, 0) is 0 Å². The second kappa shape index (κ2) is 5.30. The van der Waals surface area contributed by atoms with Gasteiger partial charge in [0.1, 0.15) is 0 Å². The molecule has 0 aromatic heterocycles. The SMILES string of the molecule is CC1CC(NCC2CCC(C(C)(C)C)CC2)C1. The zero-order valence-corrected chi connectivity index (χ0v) is 12.3. The van der Waals surface area contributed by atoms with E-state index < -0.39 is 0 Å². The summed E-state index contributed by atoms with van der Waals surface area (Å²) in [7, 11) is 0. The third-order valence-electron chi connectivity index (χ3n) is 5.14. The van der Waals surface area contributed by atoms with E-state index in [0.717, 1.165) is 23.8 Å². The van der Waals surface area contributed by atoms with E-state index in [9.17, 15) is 0 Å². The molecule has 0 saturated heterocycles. The lowest BCUT2D eigenvalue weighted by molar-refractivity contribution is 0.141. The summed E-state index contributed by atoms with van der Waals surface area (Å²) < 4.78 is 0. The average molecular weight is 237 g/mol. The molecule has 0 bridgehead atoms. The molecule has 1 nitrogen and oxygen atoms in total. The van der Waals surface area contributed by atoms with Crippen molar-refractivity contribution in [1.29, 1.82) is 0 Å². The number of hydrogen-bond donors (Lipinski definition) is 1. The van der Waals surface area contributed by atoms with E-state index >= 15 is 0 Å². The fourth-order valence-corrected chi connectivity index (χ4v) is 3.63. The maximum atomic E-state index is 3.77. The topological polar surface area (TPSA) is 12.0 Å². The zero-order valence-electron chi connectivity index (χ0n) is 12.3. The van der Waals surface area contributed by atoms with Crippen molar-refractivity contribution in [1.82, 2.24) is 5.32 Å². The fraction of sp³-hybridized carbons (Fsp3) is 1.00. The molecule has 0 heterocycles. The molecule has 0 aliphatic heterocycles. The van der Waals surface area contributed by atoms with Gasteiger partial charge in [0.2, 0.25) is 0 Å². The summed E-state index contributed by atoms with van der Waals surface area (Å²) in [5.74, 6) is 2.90. The highest BCUT2D eigenvalue weighted by Crippen LogP contribution is 2.39. The van der Waals surface area contributed by atoms with Crippen molar-refractivity contribution in [2.45, 2.75) is 72.3 Å². The molecule has 100 valence electrons. The largest absolute Gasteiger partial charge is 0.314 e. The summed E-state index contributed by atoms with van der Waals surface area (Å²) in [6.45, 7) is 10.9. The Morgan fingerprint density at radius 2 is 1.59 bits per heavy atom. The summed E-state index contributed by atoms with van der Waals surface area (Å²) in [5.41, 5.74) is 0.530. The van der Waals surface area contributed by atoms with Gasteiger partial charge in [-0.05, 0) is 68.2 Å². The monoisotopic (exact) mass is 237 g/mol. The minimum atomic E-state index is 0.530. The molecule has 2 rings (SSSR count). The van der Waals surface area contributed by atoms with Crippen LogP contribution in [0.15, 0.2) is 0 Å². The van der Waals surface area contributed by atoms with Crippen molar-refractivity contribution >= 4 is 0 Å². The molecule has 1 N–H and O–H groups in total. The Labute approximate surface area is 108 Å². The van der Waals surface area contributed by atoms with E-state index in [1.165, 1.54) is 45.1 Å². The molecule has 0 radical (unpaired) electrons. The normalized spacial score (nSPS) is 38.8. The quantitative estimate of drug-likeness (QED) is 0.774. The summed E-state index contributed by atoms with van der Waals surface area (Å²) >= 11 is 0. The minimum Gasteiger partial charge on any atom is -0.314 e. The molecule has 0 atom stereocenters. The van der Waals surface area contributed by atoms with Gasteiger partial charge in [0.05, 0.1) is 0 Å². The van der Waals surface area contributed by atoms with E-state index in [1.54, 1.807) is 0 Å². The Morgan fingerprint density at radius 1 is 1.00 bits per heavy atom. The predicted molar refractivity (Wildman–Crippen MR) is 75.1 cm³/mol. The van der Waals surface area contributed by atoms with Gasteiger partial charge in [-0.25, -0.2) is 0 Å². The van der Waals surface area contributed by atoms with Gasteiger partial charge < -0.3 is 5.32 Å². The van der Waals surface area contributed by atoms with Crippen molar-refractivity contribution in [2.75, 3.05) is 6.54 Å². The summed E-state index contributed by atoms with van der Waals surface area (Å²) in [6.07, 6.45) is 8.65. The summed E-state index contributed by atoms with van der Waals surface area (Å²) in [5, 5.41) is 3.77. The molecule has 0 unspecified atom stereocenters. The molecule has 2 saturated carbocycles. The predicted octanol–water partition coefficient (Wildman–Crippen LogP) is 4.23. The van der Waals surface area contributed by atoms with Gasteiger partial charge >= 0.3 is 0 Å². The Morgan fingerprint density at radius 3 is 2.06 bits per heavy atom. The first-order valence-corrected chi connectivity index (χ1v) is 7.68. The van der Waals surface area contributed by atoms with Crippen LogP contribution >= 0.6 is 0 Å². The van der Waals surface area contributed by atoms with Gasteiger partial charge in [0.15, 0.2) is 0 Å². The van der Waals surface area contributed by atoms with Gasteiger partial charge in [-0.1, -0.05) is 27.7 Å². The van der Waals surface area contributed by atoms with Crippen LogP contribution < -0.4 is 5.32 Å². The maximum absolute atomic E-state index is 3.77. The van der Waals surface area contributed by atoms with Gasteiger partial charge in [0, 0.05) is 6.04 Å². The van der Waals surface area contributed by atoms with Crippen LogP contribution in [0.25, 0.3) is 0 Å². The molecule has 0 amide bonds. The van der Waals surface area contributed by atoms with Crippen LogP contribution in [0.5, 0.6) is 0 Å². The van der Waals surface area contributed by atoms with Crippen LogP contribution in [0.3, 0.4) is 0 Å². The van der Waals surface area contributed by atoms with Crippen molar-refractivity contribution in [3.63, 3.8) is 0 Å². The molecule has 2 fully saturated rings. The van der Waals surface area contributed by atoms with E-state index in [0.29, 0.717) is 5.41 Å². The van der Waals surface area contributed by atoms with Crippen LogP contribution in [-0.4, -0.2) is 12.6 Å². The van der Waals surface area contributed by atoms with E-state index in [4.69, 9.17) is 0 Å². The molecular weight excluding hydrogens is 206 g/mol. The Balaban J connectivity index is 1.62. The lowest BCUT2D eigenvalue weighted by atomic mass is 9.70. The highest BCUT2D eigenvalue weighted by molar-refractivity contribution is 4.85. The zero-order chi connectivity index (χ0) is 12.5. The van der Waals surface area contributed by atoms with Crippen molar-refractivity contribution in [3.8, 4) is 0 Å². The number of hydrogen-bond acceptors (Lipinski definition) is 1. The number of nitrogens with one attached hydrogen (secondary N) is 1. The molecule has 0 aromatic rings. The van der Waals surface area contributed by atoms with E-state index in [-0.39, 0.29) is 0 Å². The van der Waals surface area contributed by atoms with Crippen LogP contribution in [0.1, 0.15) is 66.2 Å². The lowest BCUT2D eigenvalue weighted by Gasteiger charge is -2.39. The second-order valence-corrected chi connectivity index (χ2v) is 7.77. The standard InChI is InChI=1S/C16H31N/c1-12-9-15(10-12)17-11-13-5-7-14(8-6-13)16(2,3)4/h12-15,17H,5-11H2,1-4H3. The van der Waals surface area contributed by atoms with E-state index in [2.05, 4.69) is 33.0 Å². The first-order chi connectivity index (χ1) is 7.95. The highest BCUT2D eigenvalue weighted by atomic mass is 14.9. The molecule has 2 aliphatic rings. The first-order valence-electron chi connectivity index (χ1n) is 7.68. The van der Waals surface area contributed by atoms with Crippen LogP contribution in [0.2, 0.25) is 0 Å². The van der Waals surface area contributed by atoms with Gasteiger partial charge in [0.25, 0.3) is 0 Å². The van der Waals surface area contributed by atoms with Gasteiger partial charge in [-0.15, -0.1) is 0 Å². The van der Waals surface area contributed by atoms with Gasteiger partial charge in [-0.3, -0.25) is 0 Å². The number of rotatable bonds is 3. The lowest BCUT2D eigenvalue weighted by Crippen LogP contribution is -2.43. The van der Waals surface area contributed by atoms with Gasteiger partial charge in [-0.2, -0.15) is 0 Å². The highest BCUT2D eigenvalue weighted by Gasteiger charge is 2.30. The third-order valence-corrected chi connectivity index (χ3v) is 5.14. The van der Waals surface area contributed by atoms with Crippen molar-refractivity contribution in [2.24, 2.45) is 23.2 Å². The molecule has 0 aromatic carbocycles. The third kappa shape index (κ3) is 3.71. The summed E-state index contributed by atoms with van der Waals surface area (Å²) in [6, 6.07) is 0.852. The Bertz CT molecular complexity index is 226.